The van der Waals surface area contributed by atoms with Crippen molar-refractivity contribution >= 4 is 43.7 Å². The van der Waals surface area contributed by atoms with Crippen molar-refractivity contribution in [2.24, 2.45) is 0 Å². The molecule has 10 aromatic rings. The lowest BCUT2D eigenvalue weighted by Crippen LogP contribution is -2.00. The molecule has 10 rings (SSSR count). The molecule has 0 spiro atoms. The summed E-state index contributed by atoms with van der Waals surface area (Å²) in [5.74, 6) is -0.649. The summed E-state index contributed by atoms with van der Waals surface area (Å²) >= 11 is 0. The third-order valence-electron chi connectivity index (χ3n) is 8.83. The van der Waals surface area contributed by atoms with Gasteiger partial charge in [0.15, 0.2) is 17.5 Å². The minimum atomic E-state index is -0.606. The van der Waals surface area contributed by atoms with Crippen molar-refractivity contribution in [3.05, 3.63) is 170 Å². The molecule has 5 heteroatoms. The molecule has 3 heterocycles. The van der Waals surface area contributed by atoms with Crippen molar-refractivity contribution in [1.82, 2.24) is 19.5 Å². The normalized spacial score (nSPS) is 14.4. The number of hydrogen-bond acceptors (Lipinski definition) is 4. The SMILES string of the molecule is [2H]c1c([2H])c([2H])c(-c2nc(-c3ccc4c(c3)c3ccccc3n4-c3ccc4oc5cc(-c6ccccc6)ccc5c4c3)nc(-c3c([2H])c([2H])c([2H])c([2H])c3[2H])n2)c([2H])c1[2H]. The lowest BCUT2D eigenvalue weighted by molar-refractivity contribution is 0.669. The zero-order chi connectivity index (χ0) is 41.7. The minimum Gasteiger partial charge on any atom is -0.456 e. The first-order chi connectivity index (χ1) is 28.9. The van der Waals surface area contributed by atoms with Crippen LogP contribution in [0.15, 0.2) is 174 Å². The summed E-state index contributed by atoms with van der Waals surface area (Å²) in [6.45, 7) is 0. The summed E-state index contributed by atoms with van der Waals surface area (Å²) in [7, 11) is 0. The maximum absolute atomic E-state index is 8.68. The maximum atomic E-state index is 8.68. The predicted octanol–water partition coefficient (Wildman–Crippen LogP) is 11.5. The van der Waals surface area contributed by atoms with Crippen LogP contribution in [-0.4, -0.2) is 19.5 Å². The van der Waals surface area contributed by atoms with Gasteiger partial charge in [-0.3, -0.25) is 0 Å². The smallest absolute Gasteiger partial charge is 0.164 e. The van der Waals surface area contributed by atoms with Gasteiger partial charge in [0.1, 0.15) is 11.2 Å². The van der Waals surface area contributed by atoms with E-state index in [9.17, 15) is 0 Å². The van der Waals surface area contributed by atoms with Gasteiger partial charge in [-0.1, -0.05) is 115 Å². The van der Waals surface area contributed by atoms with Gasteiger partial charge in [0, 0.05) is 43.9 Å². The highest BCUT2D eigenvalue weighted by Crippen LogP contribution is 2.38. The predicted molar refractivity (Wildman–Crippen MR) is 203 cm³/mol. The van der Waals surface area contributed by atoms with Crippen molar-refractivity contribution in [2.45, 2.75) is 0 Å². The molecule has 0 aliphatic heterocycles. The minimum absolute atomic E-state index is 0.00601. The van der Waals surface area contributed by atoms with Crippen LogP contribution in [0.4, 0.5) is 0 Å². The Bertz CT molecular complexity index is 3310. The van der Waals surface area contributed by atoms with Crippen molar-refractivity contribution in [2.75, 3.05) is 0 Å². The average molecular weight is 651 g/mol. The zero-order valence-corrected chi connectivity index (χ0v) is 26.1. The van der Waals surface area contributed by atoms with E-state index in [0.29, 0.717) is 5.56 Å². The molecule has 0 radical (unpaired) electrons. The van der Waals surface area contributed by atoms with E-state index < -0.39 is 60.4 Å². The topological polar surface area (TPSA) is 56.7 Å². The van der Waals surface area contributed by atoms with E-state index in [1.165, 1.54) is 0 Å². The van der Waals surface area contributed by atoms with Gasteiger partial charge in [0.2, 0.25) is 0 Å². The summed E-state index contributed by atoms with van der Waals surface area (Å²) in [5.41, 5.74) is 6.13. The summed E-state index contributed by atoms with van der Waals surface area (Å²) in [6.07, 6.45) is 0. The molecule has 50 heavy (non-hydrogen) atoms. The van der Waals surface area contributed by atoms with E-state index in [4.69, 9.17) is 18.1 Å². The summed E-state index contributed by atoms with van der Waals surface area (Å²) in [5, 5.41) is 3.66. The van der Waals surface area contributed by atoms with Gasteiger partial charge in [0.25, 0.3) is 0 Å². The molecule has 0 saturated heterocycles. The summed E-state index contributed by atoms with van der Waals surface area (Å²) in [6, 6.07) is 30.0. The lowest BCUT2D eigenvalue weighted by Gasteiger charge is -2.10. The van der Waals surface area contributed by atoms with Crippen LogP contribution < -0.4 is 0 Å². The van der Waals surface area contributed by atoms with Crippen LogP contribution in [0.3, 0.4) is 0 Å². The van der Waals surface area contributed by atoms with Crippen molar-refractivity contribution < 1.29 is 18.1 Å². The van der Waals surface area contributed by atoms with Crippen LogP contribution >= 0.6 is 0 Å². The lowest BCUT2D eigenvalue weighted by atomic mass is 10.0. The maximum Gasteiger partial charge on any atom is 0.164 e. The van der Waals surface area contributed by atoms with Crippen LogP contribution in [0.25, 0.3) is 94.7 Å². The summed E-state index contributed by atoms with van der Waals surface area (Å²) in [4.78, 5) is 13.7. The first kappa shape index (κ1) is 19.8. The second-order valence-electron chi connectivity index (χ2n) is 11.8. The molecule has 5 nitrogen and oxygen atoms in total. The van der Waals surface area contributed by atoms with E-state index in [-0.39, 0.29) is 28.6 Å². The van der Waals surface area contributed by atoms with E-state index in [1.807, 2.05) is 66.7 Å². The fourth-order valence-corrected chi connectivity index (χ4v) is 6.56. The number of furan rings is 1. The molecule has 0 N–H and O–H groups in total. The quantitative estimate of drug-likeness (QED) is 0.186. The van der Waals surface area contributed by atoms with Crippen LogP contribution in [0, 0.1) is 0 Å². The van der Waals surface area contributed by atoms with Crippen LogP contribution in [0.2, 0.25) is 0 Å². The highest BCUT2D eigenvalue weighted by Gasteiger charge is 2.18. The molecule has 0 aliphatic rings. The Morgan fingerprint density at radius 3 is 1.80 bits per heavy atom. The Hall–Kier alpha value is -6.85. The molecule has 0 bridgehead atoms. The van der Waals surface area contributed by atoms with Gasteiger partial charge in [-0.25, -0.2) is 15.0 Å². The third-order valence-corrected chi connectivity index (χ3v) is 8.83. The van der Waals surface area contributed by atoms with Gasteiger partial charge in [-0.15, -0.1) is 0 Å². The Morgan fingerprint density at radius 2 is 1.06 bits per heavy atom. The average Bonchev–Trinajstić information content (AvgIpc) is 3.81. The van der Waals surface area contributed by atoms with Crippen molar-refractivity contribution in [1.29, 1.82) is 0 Å². The number of aromatic nitrogens is 4. The number of para-hydroxylation sites is 1. The number of nitrogens with zero attached hydrogens (tertiary/aromatic N) is 4. The number of fused-ring (bicyclic) bond motifs is 6. The molecule has 234 valence electrons. The van der Waals surface area contributed by atoms with E-state index in [1.54, 1.807) is 6.07 Å². The fourth-order valence-electron chi connectivity index (χ4n) is 6.56. The first-order valence-electron chi connectivity index (χ1n) is 20.9. The van der Waals surface area contributed by atoms with E-state index >= 15 is 0 Å². The van der Waals surface area contributed by atoms with Crippen molar-refractivity contribution in [3.8, 4) is 51.0 Å². The summed E-state index contributed by atoms with van der Waals surface area (Å²) < 4.78 is 92.7. The zero-order valence-electron chi connectivity index (χ0n) is 36.1. The molecule has 0 atom stereocenters. The molecule has 0 unspecified atom stereocenters. The standard InChI is InChI=1S/C45H28N4O/c1-4-12-29(13-5-1)32-20-23-36-38-28-34(22-25-41(38)50-42(36)27-32)49-39-19-11-10-18-35(39)37-26-33(21-24-40(37)49)45-47-43(30-14-6-2-7-15-30)46-44(48-45)31-16-8-3-9-17-31/h1-28H/i2D,3D,6D,7D,8D,9D,14D,15D,16D,17D. The Morgan fingerprint density at radius 1 is 0.420 bits per heavy atom. The number of rotatable bonds is 5. The van der Waals surface area contributed by atoms with Crippen molar-refractivity contribution in [3.63, 3.8) is 0 Å². The monoisotopic (exact) mass is 650 g/mol. The van der Waals surface area contributed by atoms with E-state index in [2.05, 4.69) is 55.9 Å². The Kier molecular flexibility index (Phi) is 4.52. The molecular formula is C45H28N4O. The number of benzene rings is 7. The first-order valence-corrected chi connectivity index (χ1v) is 15.9. The van der Waals surface area contributed by atoms with Gasteiger partial charge >= 0.3 is 0 Å². The Labute approximate surface area is 301 Å². The second kappa shape index (κ2) is 11.4. The second-order valence-corrected chi connectivity index (χ2v) is 11.8. The molecule has 0 saturated carbocycles. The third kappa shape index (κ3) is 4.67. The molecular weight excluding hydrogens is 613 g/mol. The van der Waals surface area contributed by atoms with Crippen LogP contribution in [0.1, 0.15) is 13.7 Å². The van der Waals surface area contributed by atoms with Crippen LogP contribution in [0.5, 0.6) is 0 Å². The highest BCUT2D eigenvalue weighted by atomic mass is 16.3. The molecule has 0 aliphatic carbocycles. The molecule has 0 amide bonds. The van der Waals surface area contributed by atoms with E-state index in [0.717, 1.165) is 60.6 Å². The van der Waals surface area contributed by atoms with Gasteiger partial charge in [0.05, 0.1) is 24.7 Å². The fraction of sp³-hybridized carbons (Fsp3) is 0. The van der Waals surface area contributed by atoms with Crippen LogP contribution in [-0.2, 0) is 0 Å². The molecule has 3 aromatic heterocycles. The molecule has 0 fully saturated rings. The number of hydrogen-bond donors (Lipinski definition) is 0. The highest BCUT2D eigenvalue weighted by molar-refractivity contribution is 6.11. The largest absolute Gasteiger partial charge is 0.456 e. The van der Waals surface area contributed by atoms with Gasteiger partial charge in [-0.05, 0) is 65.7 Å². The Balaban J connectivity index is 1.17. The van der Waals surface area contributed by atoms with Gasteiger partial charge < -0.3 is 8.98 Å². The molecule has 7 aromatic carbocycles. The van der Waals surface area contributed by atoms with Gasteiger partial charge in [-0.2, -0.15) is 0 Å².